The monoisotopic (exact) mass is 248 g/mol. The van der Waals surface area contributed by atoms with E-state index in [1.54, 1.807) is 11.3 Å². The number of hydrogen-bond donors (Lipinski definition) is 0. The molecule has 2 nitrogen and oxygen atoms in total. The van der Waals surface area contributed by atoms with Crippen LogP contribution in [0.3, 0.4) is 0 Å². The van der Waals surface area contributed by atoms with E-state index in [1.807, 2.05) is 26.0 Å². The first-order chi connectivity index (χ1) is 8.10. The van der Waals surface area contributed by atoms with Crippen LogP contribution in [0.15, 0.2) is 22.6 Å². The SMILES string of the molecule is CCc1ccc(CC(=O)c2cc(C)oc2C)s1. The normalized spacial score (nSPS) is 10.8. The number of rotatable bonds is 4. The Morgan fingerprint density at radius 2 is 2.00 bits per heavy atom. The largest absolute Gasteiger partial charge is 0.466 e. The van der Waals surface area contributed by atoms with Gasteiger partial charge in [-0.25, -0.2) is 0 Å². The average Bonchev–Trinajstić information content (AvgIpc) is 2.85. The third-order valence-electron chi connectivity index (χ3n) is 2.74. The molecule has 2 aromatic rings. The standard InChI is InChI=1S/C14H16O2S/c1-4-11-5-6-12(17-11)8-14(15)13-7-9(2)16-10(13)3/h5-7H,4,8H2,1-3H3. The Kier molecular flexibility index (Phi) is 3.48. The van der Waals surface area contributed by atoms with Crippen molar-refractivity contribution in [2.45, 2.75) is 33.6 Å². The Bertz CT molecular complexity index is 534. The van der Waals surface area contributed by atoms with Crippen molar-refractivity contribution in [3.8, 4) is 0 Å². The van der Waals surface area contributed by atoms with Gasteiger partial charge in [-0.05, 0) is 38.5 Å². The van der Waals surface area contributed by atoms with Crippen molar-refractivity contribution >= 4 is 17.1 Å². The summed E-state index contributed by atoms with van der Waals surface area (Å²) in [6, 6.07) is 5.97. The highest BCUT2D eigenvalue weighted by molar-refractivity contribution is 7.12. The van der Waals surface area contributed by atoms with E-state index in [0.717, 1.165) is 22.8 Å². The first kappa shape index (κ1) is 12.1. The molecule has 3 heteroatoms. The molecule has 0 aliphatic carbocycles. The number of Topliss-reactive ketones (excluding diaryl/α,β-unsaturated/α-hetero) is 1. The smallest absolute Gasteiger partial charge is 0.171 e. The van der Waals surface area contributed by atoms with Crippen LogP contribution < -0.4 is 0 Å². The summed E-state index contributed by atoms with van der Waals surface area (Å²) in [5, 5.41) is 0. The van der Waals surface area contributed by atoms with Gasteiger partial charge in [0.05, 0.1) is 5.56 Å². The van der Waals surface area contributed by atoms with Crippen molar-refractivity contribution in [2.75, 3.05) is 0 Å². The van der Waals surface area contributed by atoms with E-state index in [4.69, 9.17) is 4.42 Å². The van der Waals surface area contributed by atoms with E-state index in [0.29, 0.717) is 12.0 Å². The maximum atomic E-state index is 12.1. The Morgan fingerprint density at radius 3 is 2.53 bits per heavy atom. The first-order valence-corrected chi connectivity index (χ1v) is 6.59. The topological polar surface area (TPSA) is 30.2 Å². The Balaban J connectivity index is 2.14. The minimum absolute atomic E-state index is 0.142. The Hall–Kier alpha value is -1.35. The van der Waals surface area contributed by atoms with Crippen LogP contribution in [0.1, 0.15) is 38.6 Å². The summed E-state index contributed by atoms with van der Waals surface area (Å²) in [5.41, 5.74) is 0.717. The predicted molar refractivity (Wildman–Crippen MR) is 69.9 cm³/mol. The summed E-state index contributed by atoms with van der Waals surface area (Å²) < 4.78 is 5.38. The van der Waals surface area contributed by atoms with Gasteiger partial charge in [-0.2, -0.15) is 0 Å². The lowest BCUT2D eigenvalue weighted by atomic mass is 10.1. The second-order valence-electron chi connectivity index (χ2n) is 4.15. The summed E-state index contributed by atoms with van der Waals surface area (Å²) in [5.74, 6) is 1.66. The molecule has 0 unspecified atom stereocenters. The van der Waals surface area contributed by atoms with Gasteiger partial charge in [0.15, 0.2) is 5.78 Å². The zero-order valence-electron chi connectivity index (χ0n) is 10.4. The second kappa shape index (κ2) is 4.88. The Morgan fingerprint density at radius 1 is 1.29 bits per heavy atom. The predicted octanol–water partition coefficient (Wildman–Crippen LogP) is 3.95. The number of hydrogen-bond acceptors (Lipinski definition) is 3. The summed E-state index contributed by atoms with van der Waals surface area (Å²) >= 11 is 1.72. The van der Waals surface area contributed by atoms with Crippen molar-refractivity contribution in [3.05, 3.63) is 45.0 Å². The molecule has 0 atom stereocenters. The maximum absolute atomic E-state index is 12.1. The van der Waals surface area contributed by atoms with Crippen LogP contribution in [0.5, 0.6) is 0 Å². The van der Waals surface area contributed by atoms with Crippen LogP contribution in [-0.4, -0.2) is 5.78 Å². The summed E-state index contributed by atoms with van der Waals surface area (Å²) in [6.07, 6.45) is 1.51. The van der Waals surface area contributed by atoms with Crippen molar-refractivity contribution in [2.24, 2.45) is 0 Å². The number of thiophene rings is 1. The number of aryl methyl sites for hydroxylation is 3. The molecule has 0 amide bonds. The van der Waals surface area contributed by atoms with Crippen LogP contribution in [-0.2, 0) is 12.8 Å². The molecule has 90 valence electrons. The van der Waals surface area contributed by atoms with Crippen LogP contribution in [0.4, 0.5) is 0 Å². The van der Waals surface area contributed by atoms with Crippen molar-refractivity contribution < 1.29 is 9.21 Å². The lowest BCUT2D eigenvalue weighted by Crippen LogP contribution is -2.02. The molecule has 0 bridgehead atoms. The Labute approximate surface area is 105 Å². The molecule has 0 N–H and O–H groups in total. The molecule has 0 saturated heterocycles. The van der Waals surface area contributed by atoms with E-state index in [2.05, 4.69) is 13.0 Å². The van der Waals surface area contributed by atoms with E-state index in [-0.39, 0.29) is 5.78 Å². The number of carbonyl (C=O) groups is 1. The molecule has 2 rings (SSSR count). The van der Waals surface area contributed by atoms with Gasteiger partial charge in [-0.1, -0.05) is 6.92 Å². The molecule has 2 heterocycles. The molecule has 17 heavy (non-hydrogen) atoms. The van der Waals surface area contributed by atoms with E-state index in [9.17, 15) is 4.79 Å². The minimum atomic E-state index is 0.142. The molecule has 0 aliphatic heterocycles. The molecule has 0 aromatic carbocycles. The van der Waals surface area contributed by atoms with Crippen LogP contribution in [0, 0.1) is 13.8 Å². The molecule has 2 aromatic heterocycles. The highest BCUT2D eigenvalue weighted by Gasteiger charge is 2.14. The quantitative estimate of drug-likeness (QED) is 0.767. The highest BCUT2D eigenvalue weighted by Crippen LogP contribution is 2.21. The average molecular weight is 248 g/mol. The summed E-state index contributed by atoms with van der Waals surface area (Å²) in [6.45, 7) is 5.83. The second-order valence-corrected chi connectivity index (χ2v) is 5.40. The fourth-order valence-corrected chi connectivity index (χ4v) is 2.83. The molecular formula is C14H16O2S. The zero-order valence-corrected chi connectivity index (χ0v) is 11.2. The number of carbonyl (C=O) groups excluding carboxylic acids is 1. The molecule has 0 fully saturated rings. The third-order valence-corrected chi connectivity index (χ3v) is 3.97. The number of ketones is 1. The van der Waals surface area contributed by atoms with Gasteiger partial charge < -0.3 is 4.42 Å². The van der Waals surface area contributed by atoms with Crippen LogP contribution in [0.2, 0.25) is 0 Å². The third kappa shape index (κ3) is 2.67. The highest BCUT2D eigenvalue weighted by atomic mass is 32.1. The zero-order chi connectivity index (χ0) is 12.4. The molecule has 0 radical (unpaired) electrons. The van der Waals surface area contributed by atoms with Crippen molar-refractivity contribution in [1.29, 1.82) is 0 Å². The van der Waals surface area contributed by atoms with E-state index in [1.165, 1.54) is 4.88 Å². The fraction of sp³-hybridized carbons (Fsp3) is 0.357. The maximum Gasteiger partial charge on any atom is 0.171 e. The van der Waals surface area contributed by atoms with Gasteiger partial charge in [0.1, 0.15) is 11.5 Å². The molecule has 0 spiro atoms. The fourth-order valence-electron chi connectivity index (χ4n) is 1.87. The number of furan rings is 1. The minimum Gasteiger partial charge on any atom is -0.466 e. The first-order valence-electron chi connectivity index (χ1n) is 5.78. The molecule has 0 aliphatic rings. The van der Waals surface area contributed by atoms with Crippen molar-refractivity contribution in [1.82, 2.24) is 0 Å². The van der Waals surface area contributed by atoms with Gasteiger partial charge in [-0.3, -0.25) is 4.79 Å². The van der Waals surface area contributed by atoms with Gasteiger partial charge >= 0.3 is 0 Å². The molecule has 0 saturated carbocycles. The van der Waals surface area contributed by atoms with Gasteiger partial charge in [0, 0.05) is 16.2 Å². The van der Waals surface area contributed by atoms with Crippen molar-refractivity contribution in [3.63, 3.8) is 0 Å². The summed E-state index contributed by atoms with van der Waals surface area (Å²) in [7, 11) is 0. The summed E-state index contributed by atoms with van der Waals surface area (Å²) in [4.78, 5) is 14.5. The lowest BCUT2D eigenvalue weighted by molar-refractivity contribution is 0.0992. The molecular weight excluding hydrogens is 232 g/mol. The van der Waals surface area contributed by atoms with Gasteiger partial charge in [0.25, 0.3) is 0 Å². The van der Waals surface area contributed by atoms with E-state index >= 15 is 0 Å². The van der Waals surface area contributed by atoms with Gasteiger partial charge in [0.2, 0.25) is 0 Å². The van der Waals surface area contributed by atoms with Crippen LogP contribution in [0.25, 0.3) is 0 Å². The van der Waals surface area contributed by atoms with Crippen LogP contribution >= 0.6 is 11.3 Å². The van der Waals surface area contributed by atoms with Gasteiger partial charge in [-0.15, -0.1) is 11.3 Å². The van der Waals surface area contributed by atoms with E-state index < -0.39 is 0 Å². The lowest BCUT2D eigenvalue weighted by Gasteiger charge is -1.96.